The van der Waals surface area contributed by atoms with Crippen LogP contribution in [0.3, 0.4) is 0 Å². The molecule has 0 aromatic carbocycles. The number of nitrogens with one attached hydrogen (secondary N) is 3. The SMILES string of the molecule is C[C@H](NC(=O)CC(O)CCCCCCN=C(N)N)C(=O)NCCCCN(CCCNC(=O)OC(C)(C)C)C(=O)OC(C)(C)C. The Morgan fingerprint density at radius 1 is 0.818 bits per heavy atom. The van der Waals surface area contributed by atoms with Crippen molar-refractivity contribution in [1.82, 2.24) is 20.9 Å². The van der Waals surface area contributed by atoms with E-state index in [1.807, 2.05) is 0 Å². The van der Waals surface area contributed by atoms with E-state index in [0.29, 0.717) is 58.4 Å². The zero-order valence-electron chi connectivity index (χ0n) is 28.0. The summed E-state index contributed by atoms with van der Waals surface area (Å²) in [6.07, 6.45) is 3.90. The van der Waals surface area contributed by atoms with Gasteiger partial charge in [0.1, 0.15) is 17.2 Å². The second-order valence-corrected chi connectivity index (χ2v) is 12.9. The van der Waals surface area contributed by atoms with Crippen molar-refractivity contribution in [2.45, 2.75) is 130 Å². The van der Waals surface area contributed by atoms with Gasteiger partial charge in [0.2, 0.25) is 11.8 Å². The fraction of sp³-hybridized carbons (Fsp3) is 0.833. The minimum absolute atomic E-state index is 0.0700. The number of aliphatic hydroxyl groups excluding tert-OH is 1. The van der Waals surface area contributed by atoms with Crippen molar-refractivity contribution in [3.63, 3.8) is 0 Å². The maximum atomic E-state index is 12.7. The normalized spacial score (nSPS) is 12.8. The van der Waals surface area contributed by atoms with Crippen LogP contribution in [-0.2, 0) is 19.1 Å². The molecule has 0 aromatic heterocycles. The highest BCUT2D eigenvalue weighted by atomic mass is 16.6. The van der Waals surface area contributed by atoms with Crippen LogP contribution in [0.2, 0.25) is 0 Å². The molecule has 14 nitrogen and oxygen atoms in total. The van der Waals surface area contributed by atoms with E-state index < -0.39 is 35.5 Å². The van der Waals surface area contributed by atoms with Gasteiger partial charge >= 0.3 is 12.2 Å². The van der Waals surface area contributed by atoms with Gasteiger partial charge in [-0.05, 0) is 80.6 Å². The molecule has 2 atom stereocenters. The highest BCUT2D eigenvalue weighted by molar-refractivity contribution is 5.87. The molecule has 0 rings (SSSR count). The Morgan fingerprint density at radius 2 is 1.41 bits per heavy atom. The van der Waals surface area contributed by atoms with Crippen LogP contribution in [0.4, 0.5) is 9.59 Å². The summed E-state index contributed by atoms with van der Waals surface area (Å²) >= 11 is 0. The molecule has 256 valence electrons. The number of carbonyl (C=O) groups excluding carboxylic acids is 4. The van der Waals surface area contributed by atoms with Gasteiger partial charge in [-0.25, -0.2) is 9.59 Å². The number of nitrogens with two attached hydrogens (primary N) is 2. The number of rotatable bonds is 20. The van der Waals surface area contributed by atoms with Crippen LogP contribution in [0.25, 0.3) is 0 Å². The number of unbranched alkanes of at least 4 members (excludes halogenated alkanes) is 4. The highest BCUT2D eigenvalue weighted by Gasteiger charge is 2.22. The Balaban J connectivity index is 4.38. The number of ether oxygens (including phenoxy) is 2. The van der Waals surface area contributed by atoms with E-state index in [9.17, 15) is 24.3 Å². The molecule has 0 fully saturated rings. The zero-order valence-corrected chi connectivity index (χ0v) is 28.0. The lowest BCUT2D eigenvalue weighted by Crippen LogP contribution is -2.45. The second kappa shape index (κ2) is 21.4. The Morgan fingerprint density at radius 3 is 2.02 bits per heavy atom. The lowest BCUT2D eigenvalue weighted by atomic mass is 10.1. The Bertz CT molecular complexity index is 897. The number of hydrogen-bond donors (Lipinski definition) is 6. The molecular formula is C30H59N7O7. The maximum Gasteiger partial charge on any atom is 0.410 e. The van der Waals surface area contributed by atoms with Crippen molar-refractivity contribution in [3.8, 4) is 0 Å². The molecule has 0 aromatic rings. The number of carbonyl (C=O) groups is 4. The first kappa shape index (κ1) is 40.7. The fourth-order valence-corrected chi connectivity index (χ4v) is 3.92. The van der Waals surface area contributed by atoms with Crippen LogP contribution in [0, 0.1) is 0 Å². The zero-order chi connectivity index (χ0) is 33.8. The smallest absolute Gasteiger partial charge is 0.410 e. The molecule has 0 aliphatic rings. The van der Waals surface area contributed by atoms with Gasteiger partial charge in [0.05, 0.1) is 12.5 Å². The van der Waals surface area contributed by atoms with Crippen LogP contribution >= 0.6 is 0 Å². The van der Waals surface area contributed by atoms with E-state index >= 15 is 0 Å². The molecule has 1 unspecified atom stereocenters. The van der Waals surface area contributed by atoms with E-state index in [2.05, 4.69) is 20.9 Å². The van der Waals surface area contributed by atoms with Gasteiger partial charge < -0.3 is 46.9 Å². The summed E-state index contributed by atoms with van der Waals surface area (Å²) < 4.78 is 10.7. The van der Waals surface area contributed by atoms with Gasteiger partial charge in [-0.3, -0.25) is 14.6 Å². The third-order valence-corrected chi connectivity index (χ3v) is 6.01. The molecule has 0 heterocycles. The minimum atomic E-state index is -0.774. The topological polar surface area (TPSA) is 211 Å². The van der Waals surface area contributed by atoms with Gasteiger partial charge in [-0.2, -0.15) is 0 Å². The van der Waals surface area contributed by atoms with Crippen molar-refractivity contribution >= 4 is 30.0 Å². The first-order valence-corrected chi connectivity index (χ1v) is 15.6. The summed E-state index contributed by atoms with van der Waals surface area (Å²) in [5.41, 5.74) is 9.32. The van der Waals surface area contributed by atoms with Crippen LogP contribution in [-0.4, -0.2) is 96.0 Å². The molecule has 4 amide bonds. The van der Waals surface area contributed by atoms with Crippen molar-refractivity contribution in [2.24, 2.45) is 16.5 Å². The Hall–Kier alpha value is -3.29. The van der Waals surface area contributed by atoms with Crippen molar-refractivity contribution in [1.29, 1.82) is 0 Å². The second-order valence-electron chi connectivity index (χ2n) is 12.9. The number of guanidine groups is 1. The van der Waals surface area contributed by atoms with Crippen LogP contribution < -0.4 is 27.4 Å². The maximum absolute atomic E-state index is 12.7. The average molecular weight is 630 g/mol. The summed E-state index contributed by atoms with van der Waals surface area (Å²) in [6, 6.07) is -0.749. The van der Waals surface area contributed by atoms with E-state index in [1.165, 1.54) is 0 Å². The van der Waals surface area contributed by atoms with E-state index in [4.69, 9.17) is 20.9 Å². The molecule has 14 heteroatoms. The lowest BCUT2D eigenvalue weighted by molar-refractivity contribution is -0.129. The van der Waals surface area contributed by atoms with E-state index in [1.54, 1.807) is 53.4 Å². The molecular weight excluding hydrogens is 570 g/mol. The van der Waals surface area contributed by atoms with Gasteiger partial charge in [0.25, 0.3) is 0 Å². The minimum Gasteiger partial charge on any atom is -0.444 e. The van der Waals surface area contributed by atoms with Gasteiger partial charge in [-0.15, -0.1) is 0 Å². The molecule has 0 saturated heterocycles. The van der Waals surface area contributed by atoms with Gasteiger partial charge in [-0.1, -0.05) is 19.3 Å². The number of aliphatic imine (C=N–C) groups is 1. The summed E-state index contributed by atoms with van der Waals surface area (Å²) in [6.45, 7) is 14.4. The number of hydrogen-bond acceptors (Lipinski definition) is 8. The number of aliphatic hydroxyl groups is 1. The van der Waals surface area contributed by atoms with Gasteiger partial charge in [0.15, 0.2) is 5.96 Å². The lowest BCUT2D eigenvalue weighted by Gasteiger charge is -2.27. The summed E-state index contributed by atoms with van der Waals surface area (Å²) in [4.78, 5) is 54.8. The number of nitrogens with zero attached hydrogens (tertiary/aromatic N) is 2. The summed E-state index contributed by atoms with van der Waals surface area (Å²) in [5.74, 6) is -0.636. The Labute approximate surface area is 263 Å². The van der Waals surface area contributed by atoms with Crippen molar-refractivity contribution in [2.75, 3.05) is 32.7 Å². The van der Waals surface area contributed by atoms with Crippen LogP contribution in [0.15, 0.2) is 4.99 Å². The first-order valence-electron chi connectivity index (χ1n) is 15.6. The van der Waals surface area contributed by atoms with Crippen LogP contribution in [0.5, 0.6) is 0 Å². The predicted octanol–water partition coefficient (Wildman–Crippen LogP) is 2.51. The molecule has 0 spiro atoms. The number of amides is 4. The quantitative estimate of drug-likeness (QED) is 0.0663. The third-order valence-electron chi connectivity index (χ3n) is 6.01. The molecule has 0 radical (unpaired) electrons. The Kier molecular flexibility index (Phi) is 19.8. The third kappa shape index (κ3) is 24.2. The molecule has 0 aliphatic heterocycles. The highest BCUT2D eigenvalue weighted by Crippen LogP contribution is 2.12. The molecule has 0 saturated carbocycles. The first-order chi connectivity index (χ1) is 20.4. The van der Waals surface area contributed by atoms with Crippen molar-refractivity contribution < 1.29 is 33.8 Å². The van der Waals surface area contributed by atoms with Crippen LogP contribution in [0.1, 0.15) is 106 Å². The molecule has 44 heavy (non-hydrogen) atoms. The molecule has 8 N–H and O–H groups in total. The van der Waals surface area contributed by atoms with Crippen molar-refractivity contribution in [3.05, 3.63) is 0 Å². The van der Waals surface area contributed by atoms with Gasteiger partial charge in [0, 0.05) is 32.7 Å². The molecule has 0 aliphatic carbocycles. The summed E-state index contributed by atoms with van der Waals surface area (Å²) in [7, 11) is 0. The number of alkyl carbamates (subject to hydrolysis) is 1. The van der Waals surface area contributed by atoms with E-state index in [-0.39, 0.29) is 24.2 Å². The average Bonchev–Trinajstić information content (AvgIpc) is 2.86. The largest absolute Gasteiger partial charge is 0.444 e. The summed E-state index contributed by atoms with van der Waals surface area (Å²) in [5, 5.41) is 18.3. The fourth-order valence-electron chi connectivity index (χ4n) is 3.92. The molecule has 0 bridgehead atoms. The standard InChI is InChI=1S/C30H59N7O7/c1-22(36-24(39)21-23(38)15-10-8-9-11-17-34-26(31)32)25(40)33-16-12-13-19-37(28(42)44-30(5,6)7)20-14-18-35-27(41)43-29(2,3)4/h22-23,38H,8-21H2,1-7H3,(H,33,40)(H,35,41)(H,36,39)(H4,31,32,34)/t22-,23?/m0/s1. The predicted molar refractivity (Wildman–Crippen MR) is 171 cm³/mol. The van der Waals surface area contributed by atoms with E-state index in [0.717, 1.165) is 25.7 Å². The monoisotopic (exact) mass is 629 g/mol.